The first-order valence-corrected chi connectivity index (χ1v) is 6.11. The van der Waals surface area contributed by atoms with Crippen molar-refractivity contribution >= 4 is 11.6 Å². The van der Waals surface area contributed by atoms with Crippen molar-refractivity contribution in [1.29, 1.82) is 0 Å². The number of rotatable bonds is 6. The lowest BCUT2D eigenvalue weighted by Crippen LogP contribution is -2.23. The maximum Gasteiger partial charge on any atom is 0.0914 e. The minimum absolute atomic E-state index is 0.454. The van der Waals surface area contributed by atoms with Crippen LogP contribution in [0.15, 0.2) is 24.3 Å². The molecule has 0 aromatic heterocycles. The van der Waals surface area contributed by atoms with E-state index in [9.17, 15) is 5.11 Å². The van der Waals surface area contributed by atoms with E-state index in [1.807, 2.05) is 12.1 Å². The molecule has 2 nitrogen and oxygen atoms in total. The molecule has 0 aliphatic heterocycles. The van der Waals surface area contributed by atoms with Crippen molar-refractivity contribution in [3.63, 3.8) is 0 Å². The number of aliphatic hydroxyl groups excluding tert-OH is 1. The van der Waals surface area contributed by atoms with E-state index in [0.717, 1.165) is 18.5 Å². The highest BCUT2D eigenvalue weighted by Gasteiger charge is 2.06. The first-order chi connectivity index (χ1) is 7.59. The van der Waals surface area contributed by atoms with Crippen LogP contribution in [0.2, 0.25) is 5.02 Å². The summed E-state index contributed by atoms with van der Waals surface area (Å²) in [5.74, 6) is 0.695. The molecule has 0 bridgehead atoms. The first-order valence-electron chi connectivity index (χ1n) is 5.74. The Labute approximate surface area is 103 Å². The molecule has 0 aliphatic carbocycles. The van der Waals surface area contributed by atoms with Crippen LogP contribution in [0.1, 0.15) is 31.9 Å². The fourth-order valence-corrected chi connectivity index (χ4v) is 1.56. The van der Waals surface area contributed by atoms with Gasteiger partial charge in [0, 0.05) is 11.6 Å². The Morgan fingerprint density at radius 1 is 1.25 bits per heavy atom. The molecule has 0 saturated carbocycles. The van der Waals surface area contributed by atoms with Crippen LogP contribution in [0.25, 0.3) is 0 Å². The molecule has 1 unspecified atom stereocenters. The summed E-state index contributed by atoms with van der Waals surface area (Å²) in [5, 5.41) is 13.8. The van der Waals surface area contributed by atoms with Crippen LogP contribution in [0.3, 0.4) is 0 Å². The van der Waals surface area contributed by atoms with Crippen molar-refractivity contribution < 1.29 is 5.11 Å². The molecule has 0 aliphatic rings. The fraction of sp³-hybridized carbons (Fsp3) is 0.538. The molecule has 0 radical (unpaired) electrons. The third-order valence-corrected chi connectivity index (χ3v) is 2.74. The number of aliphatic hydroxyl groups is 1. The van der Waals surface area contributed by atoms with Crippen LogP contribution >= 0.6 is 11.6 Å². The normalized spacial score (nSPS) is 13.1. The van der Waals surface area contributed by atoms with E-state index in [1.165, 1.54) is 0 Å². The Hall–Kier alpha value is -0.570. The van der Waals surface area contributed by atoms with Crippen molar-refractivity contribution in [3.8, 4) is 0 Å². The second kappa shape index (κ2) is 6.89. The topological polar surface area (TPSA) is 32.3 Å². The highest BCUT2D eigenvalue weighted by Crippen LogP contribution is 2.15. The van der Waals surface area contributed by atoms with Crippen molar-refractivity contribution in [1.82, 2.24) is 5.32 Å². The second-order valence-corrected chi connectivity index (χ2v) is 4.89. The average molecular weight is 242 g/mol. The lowest BCUT2D eigenvalue weighted by molar-refractivity contribution is 0.174. The van der Waals surface area contributed by atoms with Gasteiger partial charge in [0.15, 0.2) is 0 Å². The average Bonchev–Trinajstić information content (AvgIpc) is 2.25. The minimum atomic E-state index is -0.454. The summed E-state index contributed by atoms with van der Waals surface area (Å²) in [6.45, 7) is 5.92. The number of hydrogen-bond acceptors (Lipinski definition) is 2. The van der Waals surface area contributed by atoms with Gasteiger partial charge in [0.2, 0.25) is 0 Å². The summed E-state index contributed by atoms with van der Waals surface area (Å²) in [5.41, 5.74) is 0.904. The van der Waals surface area contributed by atoms with Gasteiger partial charge in [0.1, 0.15) is 0 Å². The molecule has 0 fully saturated rings. The van der Waals surface area contributed by atoms with Gasteiger partial charge < -0.3 is 10.4 Å². The van der Waals surface area contributed by atoms with E-state index in [2.05, 4.69) is 19.2 Å². The molecule has 3 heteroatoms. The maximum absolute atomic E-state index is 9.87. The van der Waals surface area contributed by atoms with Crippen LogP contribution in [0.5, 0.6) is 0 Å². The molecule has 1 aromatic carbocycles. The summed E-state index contributed by atoms with van der Waals surface area (Å²) >= 11 is 5.78. The number of halogens is 1. The Balaban J connectivity index is 2.29. The largest absolute Gasteiger partial charge is 0.387 e. The molecule has 0 spiro atoms. The number of hydrogen-bond donors (Lipinski definition) is 2. The first kappa shape index (κ1) is 13.5. The van der Waals surface area contributed by atoms with E-state index < -0.39 is 6.10 Å². The third kappa shape index (κ3) is 4.97. The number of benzene rings is 1. The molecule has 1 rings (SSSR count). The fourth-order valence-electron chi connectivity index (χ4n) is 1.43. The molecule has 1 atom stereocenters. The van der Waals surface area contributed by atoms with Gasteiger partial charge in [-0.3, -0.25) is 0 Å². The van der Waals surface area contributed by atoms with Gasteiger partial charge in [-0.25, -0.2) is 0 Å². The molecule has 1 aromatic rings. The molecule has 0 heterocycles. The van der Waals surface area contributed by atoms with Crippen molar-refractivity contribution in [2.75, 3.05) is 13.1 Å². The van der Waals surface area contributed by atoms with Crippen LogP contribution < -0.4 is 5.32 Å². The number of nitrogens with one attached hydrogen (secondary N) is 1. The van der Waals surface area contributed by atoms with E-state index in [0.29, 0.717) is 17.5 Å². The zero-order chi connectivity index (χ0) is 12.0. The molecular formula is C13H20ClNO. The van der Waals surface area contributed by atoms with E-state index >= 15 is 0 Å². The molecule has 16 heavy (non-hydrogen) atoms. The van der Waals surface area contributed by atoms with Crippen molar-refractivity contribution in [2.45, 2.75) is 26.4 Å². The Morgan fingerprint density at radius 2 is 1.88 bits per heavy atom. The van der Waals surface area contributed by atoms with Crippen molar-refractivity contribution in [2.24, 2.45) is 5.92 Å². The summed E-state index contributed by atoms with van der Waals surface area (Å²) in [4.78, 5) is 0. The second-order valence-electron chi connectivity index (χ2n) is 4.45. The van der Waals surface area contributed by atoms with E-state index in [1.54, 1.807) is 12.1 Å². The summed E-state index contributed by atoms with van der Waals surface area (Å²) < 4.78 is 0. The summed E-state index contributed by atoms with van der Waals surface area (Å²) in [6.07, 6.45) is 0.678. The van der Waals surface area contributed by atoms with Gasteiger partial charge >= 0.3 is 0 Å². The Kier molecular flexibility index (Phi) is 5.81. The zero-order valence-electron chi connectivity index (χ0n) is 9.91. The summed E-state index contributed by atoms with van der Waals surface area (Å²) in [7, 11) is 0. The van der Waals surface area contributed by atoms with Crippen molar-refractivity contribution in [3.05, 3.63) is 34.9 Å². The third-order valence-electron chi connectivity index (χ3n) is 2.49. The van der Waals surface area contributed by atoms with Crippen LogP contribution in [0, 0.1) is 5.92 Å². The van der Waals surface area contributed by atoms with Gasteiger partial charge in [-0.15, -0.1) is 0 Å². The highest BCUT2D eigenvalue weighted by atomic mass is 35.5. The lowest BCUT2D eigenvalue weighted by Gasteiger charge is -2.13. The quantitative estimate of drug-likeness (QED) is 0.751. The highest BCUT2D eigenvalue weighted by molar-refractivity contribution is 6.30. The van der Waals surface area contributed by atoms with Gasteiger partial charge in [-0.1, -0.05) is 37.6 Å². The standard InChI is InChI=1S/C13H20ClNO/c1-10(2)7-8-15-9-13(16)11-3-5-12(14)6-4-11/h3-6,10,13,15-16H,7-9H2,1-2H3. The summed E-state index contributed by atoms with van der Waals surface area (Å²) in [6, 6.07) is 7.32. The molecule has 0 saturated heterocycles. The lowest BCUT2D eigenvalue weighted by atomic mass is 10.1. The predicted molar refractivity (Wildman–Crippen MR) is 68.7 cm³/mol. The maximum atomic E-state index is 9.87. The smallest absolute Gasteiger partial charge is 0.0914 e. The van der Waals surface area contributed by atoms with E-state index in [-0.39, 0.29) is 0 Å². The minimum Gasteiger partial charge on any atom is -0.387 e. The van der Waals surface area contributed by atoms with E-state index in [4.69, 9.17) is 11.6 Å². The SMILES string of the molecule is CC(C)CCNCC(O)c1ccc(Cl)cc1. The van der Waals surface area contributed by atoms with Gasteiger partial charge in [0.05, 0.1) is 6.10 Å². The Bertz CT molecular complexity index is 297. The molecular weight excluding hydrogens is 222 g/mol. The molecule has 2 N–H and O–H groups in total. The van der Waals surface area contributed by atoms with Gasteiger partial charge in [-0.05, 0) is 36.6 Å². The Morgan fingerprint density at radius 3 is 2.44 bits per heavy atom. The zero-order valence-corrected chi connectivity index (χ0v) is 10.7. The molecule has 0 amide bonds. The monoisotopic (exact) mass is 241 g/mol. The van der Waals surface area contributed by atoms with Crippen LogP contribution in [0.4, 0.5) is 0 Å². The molecule has 90 valence electrons. The van der Waals surface area contributed by atoms with Crippen LogP contribution in [-0.2, 0) is 0 Å². The van der Waals surface area contributed by atoms with Gasteiger partial charge in [-0.2, -0.15) is 0 Å². The van der Waals surface area contributed by atoms with Crippen LogP contribution in [-0.4, -0.2) is 18.2 Å². The predicted octanol–water partition coefficient (Wildman–Crippen LogP) is 3.01. The van der Waals surface area contributed by atoms with Gasteiger partial charge in [0.25, 0.3) is 0 Å².